The molecule has 1 unspecified atom stereocenters. The molecule has 12 heavy (non-hydrogen) atoms. The molecule has 0 bridgehead atoms. The number of hydrogen-bond donors (Lipinski definition) is 0. The van der Waals surface area contributed by atoms with Crippen LogP contribution in [0, 0.1) is 18.3 Å². The molecule has 1 heterocycles. The molecule has 0 aliphatic rings. The maximum absolute atomic E-state index is 8.70. The third-order valence-corrected chi connectivity index (χ3v) is 3.70. The number of aromatic nitrogens is 1. The molecule has 0 amide bonds. The fraction of sp³-hybridized carbons (Fsp3) is 0.500. The minimum absolute atomic E-state index is 0.0514. The van der Waals surface area contributed by atoms with Gasteiger partial charge in [0.2, 0.25) is 0 Å². The third kappa shape index (κ3) is 2.50. The molecule has 4 heteroatoms. The standard InChI is InChI=1S/C8H10N2S2/c1-3-7(4-9)12-8-10-6(2)5-11-8/h5,7H,3H2,1-2H3. The Labute approximate surface area is 80.6 Å². The first-order chi connectivity index (χ1) is 5.76. The van der Waals surface area contributed by atoms with E-state index in [2.05, 4.69) is 11.1 Å². The van der Waals surface area contributed by atoms with Gasteiger partial charge in [-0.3, -0.25) is 0 Å². The highest BCUT2D eigenvalue weighted by Gasteiger charge is 2.08. The van der Waals surface area contributed by atoms with Crippen LogP contribution >= 0.6 is 23.1 Å². The molecule has 1 aromatic rings. The fourth-order valence-electron chi connectivity index (χ4n) is 0.709. The Bertz CT molecular complexity index is 287. The summed E-state index contributed by atoms with van der Waals surface area (Å²) in [7, 11) is 0. The van der Waals surface area contributed by atoms with Crippen LogP contribution in [-0.2, 0) is 0 Å². The zero-order valence-corrected chi connectivity index (χ0v) is 8.71. The van der Waals surface area contributed by atoms with Crippen molar-refractivity contribution in [3.8, 4) is 6.07 Å². The van der Waals surface area contributed by atoms with Gasteiger partial charge in [-0.2, -0.15) is 5.26 Å². The van der Waals surface area contributed by atoms with Gasteiger partial charge in [0.15, 0.2) is 4.34 Å². The first-order valence-corrected chi connectivity index (χ1v) is 5.50. The molecule has 0 N–H and O–H groups in total. The van der Waals surface area contributed by atoms with E-state index in [4.69, 9.17) is 5.26 Å². The molecule has 2 nitrogen and oxygen atoms in total. The Balaban J connectivity index is 2.58. The molecule has 64 valence electrons. The highest BCUT2D eigenvalue weighted by molar-refractivity contribution is 8.01. The number of rotatable bonds is 3. The molecule has 0 radical (unpaired) electrons. The Morgan fingerprint density at radius 2 is 2.58 bits per heavy atom. The Hall–Kier alpha value is -0.530. The van der Waals surface area contributed by atoms with Crippen LogP contribution in [0.3, 0.4) is 0 Å². The lowest BCUT2D eigenvalue weighted by atomic mass is 10.4. The molecule has 0 aliphatic heterocycles. The maximum atomic E-state index is 8.70. The lowest BCUT2D eigenvalue weighted by Crippen LogP contribution is -1.94. The van der Waals surface area contributed by atoms with Gasteiger partial charge in [-0.05, 0) is 13.3 Å². The number of aryl methyl sites for hydroxylation is 1. The second kappa shape index (κ2) is 4.48. The smallest absolute Gasteiger partial charge is 0.151 e. The van der Waals surface area contributed by atoms with Crippen LogP contribution in [0.2, 0.25) is 0 Å². The van der Waals surface area contributed by atoms with Crippen LogP contribution in [-0.4, -0.2) is 10.2 Å². The van der Waals surface area contributed by atoms with Gasteiger partial charge in [0, 0.05) is 11.1 Å². The van der Waals surface area contributed by atoms with E-state index in [0.717, 1.165) is 16.5 Å². The average Bonchev–Trinajstić information content (AvgIpc) is 2.47. The van der Waals surface area contributed by atoms with Gasteiger partial charge >= 0.3 is 0 Å². The van der Waals surface area contributed by atoms with Crippen molar-refractivity contribution in [3.63, 3.8) is 0 Å². The summed E-state index contributed by atoms with van der Waals surface area (Å²) in [6.45, 7) is 3.98. The topological polar surface area (TPSA) is 36.7 Å². The molecular formula is C8H10N2S2. The minimum atomic E-state index is 0.0514. The second-order valence-electron chi connectivity index (χ2n) is 2.40. The molecule has 0 aliphatic carbocycles. The van der Waals surface area contributed by atoms with Crippen molar-refractivity contribution in [1.29, 1.82) is 5.26 Å². The van der Waals surface area contributed by atoms with Crippen molar-refractivity contribution in [2.24, 2.45) is 0 Å². The summed E-state index contributed by atoms with van der Waals surface area (Å²) in [6.07, 6.45) is 0.875. The normalized spacial score (nSPS) is 12.4. The van der Waals surface area contributed by atoms with Gasteiger partial charge in [0.1, 0.15) is 0 Å². The van der Waals surface area contributed by atoms with E-state index < -0.39 is 0 Å². The molecule has 0 saturated carbocycles. The molecule has 0 saturated heterocycles. The van der Waals surface area contributed by atoms with E-state index in [0.29, 0.717) is 0 Å². The SMILES string of the molecule is CCC(C#N)Sc1nc(C)cs1. The summed E-state index contributed by atoms with van der Waals surface area (Å²) in [4.78, 5) is 4.28. The van der Waals surface area contributed by atoms with Gasteiger partial charge in [0.05, 0.1) is 11.3 Å². The van der Waals surface area contributed by atoms with E-state index in [9.17, 15) is 0 Å². The quantitative estimate of drug-likeness (QED) is 0.701. The van der Waals surface area contributed by atoms with Gasteiger partial charge in [-0.25, -0.2) is 4.98 Å². The lowest BCUT2D eigenvalue weighted by Gasteiger charge is -2.00. The third-order valence-electron chi connectivity index (χ3n) is 1.36. The van der Waals surface area contributed by atoms with Crippen molar-refractivity contribution in [3.05, 3.63) is 11.1 Å². The summed E-state index contributed by atoms with van der Waals surface area (Å²) in [5.74, 6) is 0. The van der Waals surface area contributed by atoms with Crippen molar-refractivity contribution in [1.82, 2.24) is 4.98 Å². The van der Waals surface area contributed by atoms with Crippen LogP contribution in [0.5, 0.6) is 0 Å². The highest BCUT2D eigenvalue weighted by atomic mass is 32.2. The second-order valence-corrected chi connectivity index (χ2v) is 4.71. The Morgan fingerprint density at radius 1 is 1.83 bits per heavy atom. The molecule has 0 aromatic carbocycles. The summed E-state index contributed by atoms with van der Waals surface area (Å²) < 4.78 is 1.00. The summed E-state index contributed by atoms with van der Waals surface area (Å²) in [6, 6.07) is 2.24. The fourth-order valence-corrected chi connectivity index (χ4v) is 2.60. The number of thiazole rings is 1. The monoisotopic (exact) mass is 198 g/mol. The van der Waals surface area contributed by atoms with Crippen molar-refractivity contribution >= 4 is 23.1 Å². The van der Waals surface area contributed by atoms with Crippen LogP contribution in [0.4, 0.5) is 0 Å². The number of hydrogen-bond acceptors (Lipinski definition) is 4. The molecule has 1 aromatic heterocycles. The number of nitrogens with zero attached hydrogens (tertiary/aromatic N) is 2. The Morgan fingerprint density at radius 3 is 3.00 bits per heavy atom. The predicted molar refractivity (Wildman–Crippen MR) is 52.4 cm³/mol. The molecular weight excluding hydrogens is 188 g/mol. The first-order valence-electron chi connectivity index (χ1n) is 3.74. The zero-order valence-electron chi connectivity index (χ0n) is 7.07. The molecule has 1 atom stereocenters. The van der Waals surface area contributed by atoms with Crippen LogP contribution < -0.4 is 0 Å². The highest BCUT2D eigenvalue weighted by Crippen LogP contribution is 2.27. The molecule has 0 fully saturated rings. The largest absolute Gasteiger partial charge is 0.235 e. The maximum Gasteiger partial charge on any atom is 0.151 e. The molecule has 1 rings (SSSR count). The van der Waals surface area contributed by atoms with Gasteiger partial charge in [-0.1, -0.05) is 18.7 Å². The van der Waals surface area contributed by atoms with E-state index in [-0.39, 0.29) is 5.25 Å². The summed E-state index contributed by atoms with van der Waals surface area (Å²) in [5, 5.41) is 10.8. The van der Waals surface area contributed by atoms with E-state index in [1.165, 1.54) is 0 Å². The van der Waals surface area contributed by atoms with Gasteiger partial charge < -0.3 is 0 Å². The van der Waals surface area contributed by atoms with E-state index >= 15 is 0 Å². The Kier molecular flexibility index (Phi) is 3.57. The summed E-state index contributed by atoms with van der Waals surface area (Å²) >= 11 is 3.17. The average molecular weight is 198 g/mol. The van der Waals surface area contributed by atoms with Crippen LogP contribution in [0.1, 0.15) is 19.0 Å². The van der Waals surface area contributed by atoms with Crippen LogP contribution in [0.25, 0.3) is 0 Å². The summed E-state index contributed by atoms with van der Waals surface area (Å²) in [5.41, 5.74) is 1.04. The van der Waals surface area contributed by atoms with Gasteiger partial charge in [-0.15, -0.1) is 11.3 Å². The first kappa shape index (κ1) is 9.56. The van der Waals surface area contributed by atoms with Crippen molar-refractivity contribution < 1.29 is 0 Å². The van der Waals surface area contributed by atoms with E-state index in [1.54, 1.807) is 23.1 Å². The lowest BCUT2D eigenvalue weighted by molar-refractivity contribution is 0.981. The minimum Gasteiger partial charge on any atom is -0.235 e. The van der Waals surface area contributed by atoms with Crippen LogP contribution in [0.15, 0.2) is 9.72 Å². The predicted octanol–water partition coefficient (Wildman–Crippen LogP) is 2.85. The van der Waals surface area contributed by atoms with Crippen molar-refractivity contribution in [2.75, 3.05) is 0 Å². The number of thioether (sulfide) groups is 1. The van der Waals surface area contributed by atoms with Crippen molar-refractivity contribution in [2.45, 2.75) is 29.9 Å². The van der Waals surface area contributed by atoms with Gasteiger partial charge in [0.25, 0.3) is 0 Å². The number of nitriles is 1. The zero-order chi connectivity index (χ0) is 8.97. The molecule has 0 spiro atoms. The van der Waals surface area contributed by atoms with E-state index in [1.807, 2.05) is 19.2 Å².